The molecule has 0 N–H and O–H groups in total. The van der Waals surface area contributed by atoms with Gasteiger partial charge in [-0.3, -0.25) is 4.79 Å². The maximum absolute atomic E-state index is 13.1. The largest absolute Gasteiger partial charge is 0.426 e. The maximum Gasteiger partial charge on any atom is 0.314 e. The Morgan fingerprint density at radius 3 is 2.45 bits per heavy atom. The van der Waals surface area contributed by atoms with Gasteiger partial charge in [-0.2, -0.15) is 0 Å². The van der Waals surface area contributed by atoms with Crippen molar-refractivity contribution in [3.63, 3.8) is 0 Å². The van der Waals surface area contributed by atoms with E-state index in [1.165, 1.54) is 82.6 Å². The SMILES string of the molecule is C=CCCc1ccc(OC(=O)C2CCCC3CC(C4CCC(CCCC)CC4)CCC32)cc1. The molecular formula is C31H46O2. The van der Waals surface area contributed by atoms with Crippen molar-refractivity contribution in [1.29, 1.82) is 0 Å². The second-order valence-electron chi connectivity index (χ2n) is 11.3. The Morgan fingerprint density at radius 2 is 1.73 bits per heavy atom. The van der Waals surface area contributed by atoms with E-state index in [-0.39, 0.29) is 11.9 Å². The van der Waals surface area contributed by atoms with Gasteiger partial charge in [-0.25, -0.2) is 0 Å². The number of hydrogen-bond donors (Lipinski definition) is 0. The van der Waals surface area contributed by atoms with Crippen molar-refractivity contribution in [2.75, 3.05) is 0 Å². The molecule has 0 bridgehead atoms. The summed E-state index contributed by atoms with van der Waals surface area (Å²) in [7, 11) is 0. The fraction of sp³-hybridized carbons (Fsp3) is 0.710. The van der Waals surface area contributed by atoms with Crippen LogP contribution >= 0.6 is 0 Å². The van der Waals surface area contributed by atoms with Gasteiger partial charge < -0.3 is 4.74 Å². The van der Waals surface area contributed by atoms with Crippen LogP contribution in [0.2, 0.25) is 0 Å². The smallest absolute Gasteiger partial charge is 0.314 e. The van der Waals surface area contributed by atoms with Crippen molar-refractivity contribution in [3.8, 4) is 5.75 Å². The molecule has 0 saturated heterocycles. The Labute approximate surface area is 202 Å². The number of benzene rings is 1. The number of fused-ring (bicyclic) bond motifs is 1. The number of ether oxygens (including phenoxy) is 1. The summed E-state index contributed by atoms with van der Waals surface area (Å²) >= 11 is 0. The molecule has 4 atom stereocenters. The number of hydrogen-bond acceptors (Lipinski definition) is 2. The average molecular weight is 451 g/mol. The molecule has 4 rings (SSSR count). The molecule has 4 unspecified atom stereocenters. The maximum atomic E-state index is 13.1. The van der Waals surface area contributed by atoms with Crippen LogP contribution in [-0.4, -0.2) is 5.97 Å². The van der Waals surface area contributed by atoms with Gasteiger partial charge in [0.15, 0.2) is 0 Å². The van der Waals surface area contributed by atoms with Gasteiger partial charge in [0.1, 0.15) is 5.75 Å². The summed E-state index contributed by atoms with van der Waals surface area (Å²) in [6.07, 6.45) is 21.5. The zero-order valence-electron chi connectivity index (χ0n) is 21.0. The number of carbonyl (C=O) groups excluding carboxylic acids is 1. The lowest BCUT2D eigenvalue weighted by Gasteiger charge is -2.46. The third-order valence-corrected chi connectivity index (χ3v) is 9.29. The van der Waals surface area contributed by atoms with Gasteiger partial charge in [0.25, 0.3) is 0 Å². The van der Waals surface area contributed by atoms with Crippen LogP contribution in [0.5, 0.6) is 5.75 Å². The first-order chi connectivity index (χ1) is 16.2. The van der Waals surface area contributed by atoms with E-state index >= 15 is 0 Å². The van der Waals surface area contributed by atoms with Crippen LogP contribution in [0.1, 0.15) is 102 Å². The first-order valence-corrected chi connectivity index (χ1v) is 14.1. The number of esters is 1. The molecule has 33 heavy (non-hydrogen) atoms. The van der Waals surface area contributed by atoms with Crippen molar-refractivity contribution in [2.45, 2.75) is 103 Å². The van der Waals surface area contributed by atoms with E-state index in [0.29, 0.717) is 11.7 Å². The summed E-state index contributed by atoms with van der Waals surface area (Å²) in [5.74, 6) is 5.00. The Morgan fingerprint density at radius 1 is 0.970 bits per heavy atom. The van der Waals surface area contributed by atoms with E-state index in [2.05, 4.69) is 25.6 Å². The predicted molar refractivity (Wildman–Crippen MR) is 137 cm³/mol. The Balaban J connectivity index is 1.28. The highest BCUT2D eigenvalue weighted by Gasteiger charge is 2.43. The van der Waals surface area contributed by atoms with Crippen molar-refractivity contribution >= 4 is 5.97 Å². The van der Waals surface area contributed by atoms with Crippen LogP contribution < -0.4 is 4.74 Å². The number of carbonyl (C=O) groups is 1. The molecule has 0 amide bonds. The molecule has 2 nitrogen and oxygen atoms in total. The zero-order chi connectivity index (χ0) is 23.0. The number of allylic oxidation sites excluding steroid dienone is 1. The summed E-state index contributed by atoms with van der Waals surface area (Å²) in [4.78, 5) is 13.1. The van der Waals surface area contributed by atoms with Crippen molar-refractivity contribution in [3.05, 3.63) is 42.5 Å². The minimum atomic E-state index is 0.0263. The van der Waals surface area contributed by atoms with Crippen molar-refractivity contribution < 1.29 is 9.53 Å². The summed E-state index contributed by atoms with van der Waals surface area (Å²) < 4.78 is 5.89. The van der Waals surface area contributed by atoms with Gasteiger partial charge in [-0.05, 0) is 98.7 Å². The van der Waals surface area contributed by atoms with E-state index in [9.17, 15) is 4.79 Å². The van der Waals surface area contributed by atoms with E-state index < -0.39 is 0 Å². The Bertz CT molecular complexity index is 743. The van der Waals surface area contributed by atoms with E-state index in [0.717, 1.165) is 42.9 Å². The molecule has 0 aromatic heterocycles. The molecule has 0 spiro atoms. The fourth-order valence-corrected chi connectivity index (χ4v) is 7.35. The van der Waals surface area contributed by atoms with Gasteiger partial charge in [0.2, 0.25) is 0 Å². The highest BCUT2D eigenvalue weighted by molar-refractivity contribution is 5.75. The lowest BCUT2D eigenvalue weighted by Crippen LogP contribution is -2.40. The van der Waals surface area contributed by atoms with Crippen molar-refractivity contribution in [2.24, 2.45) is 35.5 Å². The Kier molecular flexibility index (Phi) is 9.10. The molecular weight excluding hydrogens is 404 g/mol. The summed E-state index contributed by atoms with van der Waals surface area (Å²) in [6.45, 7) is 6.11. The third-order valence-electron chi connectivity index (χ3n) is 9.29. The molecule has 1 aromatic rings. The first-order valence-electron chi connectivity index (χ1n) is 14.1. The van der Waals surface area contributed by atoms with Crippen LogP contribution in [0.25, 0.3) is 0 Å². The molecule has 3 aliphatic carbocycles. The quantitative estimate of drug-likeness (QED) is 0.214. The van der Waals surface area contributed by atoms with E-state index in [1.54, 1.807) is 0 Å². The monoisotopic (exact) mass is 450 g/mol. The Hall–Kier alpha value is -1.57. The minimum absolute atomic E-state index is 0.0263. The third kappa shape index (κ3) is 6.52. The van der Waals surface area contributed by atoms with Crippen molar-refractivity contribution in [1.82, 2.24) is 0 Å². The molecule has 0 heterocycles. The first kappa shape index (κ1) is 24.6. The minimum Gasteiger partial charge on any atom is -0.426 e. The van der Waals surface area contributed by atoms with E-state index in [1.807, 2.05) is 18.2 Å². The fourth-order valence-electron chi connectivity index (χ4n) is 7.35. The molecule has 182 valence electrons. The zero-order valence-corrected chi connectivity index (χ0v) is 21.0. The van der Waals surface area contributed by atoms with E-state index in [4.69, 9.17) is 4.74 Å². The summed E-state index contributed by atoms with van der Waals surface area (Å²) in [6, 6.07) is 8.09. The van der Waals surface area contributed by atoms with Crippen LogP contribution in [-0.2, 0) is 11.2 Å². The van der Waals surface area contributed by atoms with Gasteiger partial charge in [0.05, 0.1) is 5.92 Å². The van der Waals surface area contributed by atoms with Gasteiger partial charge in [-0.1, -0.05) is 70.1 Å². The second kappa shape index (κ2) is 12.2. The number of aryl methyl sites for hydroxylation is 1. The van der Waals surface area contributed by atoms with Crippen LogP contribution in [0.15, 0.2) is 36.9 Å². The second-order valence-corrected chi connectivity index (χ2v) is 11.3. The standard InChI is InChI=1S/C31H46O2/c1-3-5-8-23-12-16-25(17-13-23)26-18-21-29-27(22-26)10-7-11-30(29)31(32)33-28-19-14-24(15-20-28)9-6-4-2/h4,14-15,19-20,23,25-27,29-30H,2-3,5-13,16-18,21-22H2,1H3. The molecule has 3 saturated carbocycles. The predicted octanol–water partition coefficient (Wildman–Crippen LogP) is 8.54. The molecule has 0 aliphatic heterocycles. The van der Waals surface area contributed by atoms with Crippen LogP contribution in [0.3, 0.4) is 0 Å². The summed E-state index contributed by atoms with van der Waals surface area (Å²) in [5, 5.41) is 0. The molecule has 1 aromatic carbocycles. The lowest BCUT2D eigenvalue weighted by molar-refractivity contribution is -0.144. The van der Waals surface area contributed by atoms with Gasteiger partial charge in [0, 0.05) is 0 Å². The highest BCUT2D eigenvalue weighted by atomic mass is 16.5. The van der Waals surface area contributed by atoms with Gasteiger partial charge in [-0.15, -0.1) is 6.58 Å². The lowest BCUT2D eigenvalue weighted by atomic mass is 9.59. The normalized spacial score (nSPS) is 32.0. The molecule has 3 fully saturated rings. The molecule has 0 radical (unpaired) electrons. The highest BCUT2D eigenvalue weighted by Crippen LogP contribution is 2.50. The number of rotatable bonds is 9. The van der Waals surface area contributed by atoms with Crippen LogP contribution in [0.4, 0.5) is 0 Å². The summed E-state index contributed by atoms with van der Waals surface area (Å²) in [5.41, 5.74) is 1.27. The average Bonchev–Trinajstić information content (AvgIpc) is 2.86. The number of unbranched alkanes of at least 4 members (excludes halogenated alkanes) is 1. The molecule has 3 aliphatic rings. The molecule has 2 heteroatoms. The van der Waals surface area contributed by atoms with Crippen LogP contribution in [0, 0.1) is 35.5 Å². The van der Waals surface area contributed by atoms with Gasteiger partial charge >= 0.3 is 5.97 Å². The topological polar surface area (TPSA) is 26.3 Å².